The van der Waals surface area contributed by atoms with Crippen molar-refractivity contribution in [3.05, 3.63) is 143 Å². The van der Waals surface area contributed by atoms with E-state index in [1.165, 1.54) is 83.2 Å². The Morgan fingerprint density at radius 1 is 0.532 bits per heavy atom. The summed E-state index contributed by atoms with van der Waals surface area (Å²) in [5.74, 6) is 0. The summed E-state index contributed by atoms with van der Waals surface area (Å²) in [4.78, 5) is 0. The van der Waals surface area contributed by atoms with Crippen LogP contribution in [-0.2, 0) is 0 Å². The van der Waals surface area contributed by atoms with Gasteiger partial charge in [0.15, 0.2) is 0 Å². The third-order valence-corrected chi connectivity index (χ3v) is 15.5. The first-order chi connectivity index (χ1) is 22.4. The third-order valence-electron chi connectivity index (χ3n) is 10.8. The van der Waals surface area contributed by atoms with Crippen LogP contribution in [0.5, 0.6) is 0 Å². The Kier molecular flexibility index (Phi) is 10.0. The Balaban J connectivity index is 1.81. The van der Waals surface area contributed by atoms with Gasteiger partial charge >= 0.3 is 0 Å². The fraction of sp³-hybridized carbons (Fsp3) is 0.302. The first kappa shape index (κ1) is 34.3. The van der Waals surface area contributed by atoms with Crippen molar-refractivity contribution in [2.45, 2.75) is 85.7 Å². The second kappa shape index (κ2) is 13.8. The van der Waals surface area contributed by atoms with Crippen LogP contribution in [0.15, 0.2) is 87.8 Å². The lowest BCUT2D eigenvalue weighted by Crippen LogP contribution is -2.29. The highest BCUT2D eigenvalue weighted by atomic mass is 79.9. The van der Waals surface area contributed by atoms with Crippen LogP contribution < -0.4 is 5.30 Å². The van der Waals surface area contributed by atoms with Crippen molar-refractivity contribution in [3.63, 3.8) is 0 Å². The zero-order chi connectivity index (χ0) is 33.7. The summed E-state index contributed by atoms with van der Waals surface area (Å²) < 4.78 is 2.24. The molecule has 0 saturated carbocycles. The lowest BCUT2D eigenvalue weighted by atomic mass is 9.85. The predicted molar refractivity (Wildman–Crippen MR) is 211 cm³/mol. The molecule has 242 valence electrons. The van der Waals surface area contributed by atoms with E-state index in [0.29, 0.717) is 0 Å². The molecule has 4 heteroatoms. The van der Waals surface area contributed by atoms with Gasteiger partial charge in [0.25, 0.3) is 0 Å². The second-order valence-electron chi connectivity index (χ2n) is 13.6. The molecule has 2 unspecified atom stereocenters. The molecule has 0 amide bonds. The van der Waals surface area contributed by atoms with Crippen LogP contribution in [0.3, 0.4) is 0 Å². The fourth-order valence-electron chi connectivity index (χ4n) is 7.88. The van der Waals surface area contributed by atoms with Crippen LogP contribution in [-0.4, -0.2) is 11.2 Å². The first-order valence-electron chi connectivity index (χ1n) is 16.6. The number of aryl methyl sites for hydroxylation is 4. The quantitative estimate of drug-likeness (QED) is 0.177. The van der Waals surface area contributed by atoms with Gasteiger partial charge in [-0.1, -0.05) is 107 Å². The van der Waals surface area contributed by atoms with Gasteiger partial charge in [-0.05, 0) is 164 Å². The summed E-state index contributed by atoms with van der Waals surface area (Å²) in [7, 11) is -0.902. The number of benzene rings is 5. The van der Waals surface area contributed by atoms with Crippen molar-refractivity contribution in [3.8, 4) is 22.3 Å². The van der Waals surface area contributed by atoms with Gasteiger partial charge < -0.3 is 5.11 Å². The van der Waals surface area contributed by atoms with Gasteiger partial charge in [-0.3, -0.25) is 0 Å². The molecule has 0 spiro atoms. The lowest BCUT2D eigenvalue weighted by molar-refractivity contribution is 0.146. The van der Waals surface area contributed by atoms with Crippen molar-refractivity contribution in [2.75, 3.05) is 0 Å². The molecule has 0 radical (unpaired) electrons. The van der Waals surface area contributed by atoms with E-state index in [4.69, 9.17) is 0 Å². The SMILES string of the molecule is Cc1cc(C)c(C)c(-c2cccc(-c3c(C)c(C)cc(C)c3C)c2P2C(c3ccccc3Br)CC(O)CC2c2ccccc2Br)c1C. The van der Waals surface area contributed by atoms with Crippen molar-refractivity contribution < 1.29 is 5.11 Å². The molecule has 1 aliphatic heterocycles. The molecule has 1 fully saturated rings. The monoisotopic (exact) mass is 766 g/mol. The molecule has 0 aromatic heterocycles. The minimum atomic E-state index is -0.902. The number of hydrogen-bond donors (Lipinski definition) is 1. The molecule has 47 heavy (non-hydrogen) atoms. The second-order valence-corrected chi connectivity index (χ2v) is 17.8. The van der Waals surface area contributed by atoms with E-state index in [1.807, 2.05) is 0 Å². The van der Waals surface area contributed by atoms with Crippen LogP contribution in [0, 0.1) is 55.4 Å². The Morgan fingerprint density at radius 3 is 1.26 bits per heavy atom. The average Bonchev–Trinajstić information content (AvgIpc) is 3.04. The van der Waals surface area contributed by atoms with E-state index in [2.05, 4.69) is 166 Å². The van der Waals surface area contributed by atoms with Crippen molar-refractivity contribution in [2.24, 2.45) is 0 Å². The Bertz CT molecular complexity index is 1800. The fourth-order valence-corrected chi connectivity index (χ4v) is 13.3. The number of aliphatic hydroxyl groups is 1. The third kappa shape index (κ3) is 6.23. The summed E-state index contributed by atoms with van der Waals surface area (Å²) in [6.45, 7) is 18.2. The van der Waals surface area contributed by atoms with Gasteiger partial charge in [0, 0.05) is 20.3 Å². The summed E-state index contributed by atoms with van der Waals surface area (Å²) in [5, 5.41) is 13.2. The highest BCUT2D eigenvalue weighted by Gasteiger charge is 2.43. The summed E-state index contributed by atoms with van der Waals surface area (Å²) >= 11 is 7.95. The highest BCUT2D eigenvalue weighted by Crippen LogP contribution is 2.70. The average molecular weight is 769 g/mol. The molecule has 1 N–H and O–H groups in total. The van der Waals surface area contributed by atoms with E-state index >= 15 is 0 Å². The smallest absolute Gasteiger partial charge is 0.0559 e. The normalized spacial score (nSPS) is 19.6. The summed E-state index contributed by atoms with van der Waals surface area (Å²) in [6.07, 6.45) is 1.07. The molecular weight excluding hydrogens is 723 g/mol. The standard InChI is InChI=1S/C43H45Br2OP/c1-24-20-25(2)29(6)41(28(24)5)35-16-13-17-36(42-30(7)26(3)21-27(4)31(42)8)43(35)47-39(33-14-9-11-18-37(33)44)22-32(46)23-40(47)34-15-10-12-19-38(34)45/h9-21,32,39-40,46H,22-23H2,1-8H3. The van der Waals surface area contributed by atoms with E-state index in [9.17, 15) is 5.11 Å². The van der Waals surface area contributed by atoms with Crippen molar-refractivity contribution in [1.29, 1.82) is 0 Å². The molecule has 6 rings (SSSR count). The Labute approximate surface area is 299 Å². The topological polar surface area (TPSA) is 20.2 Å². The van der Waals surface area contributed by atoms with Gasteiger partial charge in [0.2, 0.25) is 0 Å². The molecule has 5 aromatic carbocycles. The van der Waals surface area contributed by atoms with Crippen molar-refractivity contribution in [1.82, 2.24) is 0 Å². The first-order valence-corrected chi connectivity index (χ1v) is 19.7. The Hall–Kier alpha value is -2.55. The lowest BCUT2D eigenvalue weighted by Gasteiger charge is -2.44. The van der Waals surface area contributed by atoms with E-state index in [-0.39, 0.29) is 11.3 Å². The highest BCUT2D eigenvalue weighted by molar-refractivity contribution is 9.10. The predicted octanol–water partition coefficient (Wildman–Crippen LogP) is 12.8. The van der Waals surface area contributed by atoms with Crippen molar-refractivity contribution >= 4 is 45.1 Å². The number of aliphatic hydroxyl groups excluding tert-OH is 1. The van der Waals surface area contributed by atoms with Crippen LogP contribution in [0.2, 0.25) is 0 Å². The van der Waals surface area contributed by atoms with Gasteiger partial charge in [0.1, 0.15) is 0 Å². The zero-order valence-corrected chi connectivity index (χ0v) is 32.9. The number of halogens is 2. The summed E-state index contributed by atoms with van der Waals surface area (Å²) in [6, 6.07) is 29.2. The molecule has 0 bridgehead atoms. The van der Waals surface area contributed by atoms with Gasteiger partial charge in [-0.15, -0.1) is 0 Å². The van der Waals surface area contributed by atoms with E-state index in [1.54, 1.807) is 0 Å². The van der Waals surface area contributed by atoms with Crippen LogP contribution in [0.1, 0.15) is 79.8 Å². The van der Waals surface area contributed by atoms with Gasteiger partial charge in [-0.2, -0.15) is 0 Å². The Morgan fingerprint density at radius 2 is 0.894 bits per heavy atom. The molecule has 1 nitrogen and oxygen atoms in total. The molecule has 1 aliphatic rings. The van der Waals surface area contributed by atoms with Gasteiger partial charge in [-0.25, -0.2) is 0 Å². The minimum absolute atomic E-state index is 0.152. The largest absolute Gasteiger partial charge is 0.393 e. The van der Waals surface area contributed by atoms with Crippen LogP contribution in [0.25, 0.3) is 22.3 Å². The van der Waals surface area contributed by atoms with Crippen LogP contribution >= 0.6 is 39.8 Å². The maximum absolute atomic E-state index is 11.7. The molecule has 5 aromatic rings. The summed E-state index contributed by atoms with van der Waals surface area (Å²) in [5.41, 5.74) is 19.0. The van der Waals surface area contributed by atoms with E-state index < -0.39 is 14.0 Å². The minimum Gasteiger partial charge on any atom is -0.393 e. The molecule has 2 atom stereocenters. The maximum atomic E-state index is 11.7. The number of rotatable bonds is 5. The van der Waals surface area contributed by atoms with E-state index in [0.717, 1.165) is 21.8 Å². The molecule has 0 aliphatic carbocycles. The van der Waals surface area contributed by atoms with Crippen LogP contribution in [0.4, 0.5) is 0 Å². The zero-order valence-electron chi connectivity index (χ0n) is 28.8. The molecular formula is C43H45Br2OP. The molecule has 1 heterocycles. The van der Waals surface area contributed by atoms with Gasteiger partial charge in [0.05, 0.1) is 6.10 Å². The number of hydrogen-bond acceptors (Lipinski definition) is 1. The molecule has 1 saturated heterocycles. The maximum Gasteiger partial charge on any atom is 0.0559 e.